The fourth-order valence-corrected chi connectivity index (χ4v) is 3.78. The predicted octanol–water partition coefficient (Wildman–Crippen LogP) is 2.66. The summed E-state index contributed by atoms with van der Waals surface area (Å²) in [7, 11) is 0. The van der Waals surface area contributed by atoms with Crippen LogP contribution in [0.25, 0.3) is 0 Å². The standard InChI is InChI=1S/C14H28N2/c1-10-12(8-13(15)9-14(10)16)7-11-5-3-2-4-6-11/h10-14H,2-9,15-16H2,1H3. The summed E-state index contributed by atoms with van der Waals surface area (Å²) in [5.74, 6) is 2.45. The molecule has 2 heteroatoms. The molecule has 2 aliphatic rings. The number of hydrogen-bond acceptors (Lipinski definition) is 2. The van der Waals surface area contributed by atoms with E-state index in [1.165, 1.54) is 44.9 Å². The number of rotatable bonds is 2. The summed E-state index contributed by atoms with van der Waals surface area (Å²) in [6.07, 6.45) is 10.9. The summed E-state index contributed by atoms with van der Waals surface area (Å²) in [5.41, 5.74) is 12.3. The molecule has 0 saturated heterocycles. The van der Waals surface area contributed by atoms with Gasteiger partial charge in [-0.1, -0.05) is 39.0 Å². The highest BCUT2D eigenvalue weighted by atomic mass is 14.7. The van der Waals surface area contributed by atoms with E-state index in [4.69, 9.17) is 11.5 Å². The summed E-state index contributed by atoms with van der Waals surface area (Å²) in [4.78, 5) is 0. The van der Waals surface area contributed by atoms with E-state index in [0.29, 0.717) is 18.0 Å². The quantitative estimate of drug-likeness (QED) is 0.757. The van der Waals surface area contributed by atoms with Crippen LogP contribution in [0.1, 0.15) is 58.3 Å². The van der Waals surface area contributed by atoms with E-state index in [0.717, 1.165) is 18.3 Å². The van der Waals surface area contributed by atoms with Crippen LogP contribution in [0, 0.1) is 17.8 Å². The maximum absolute atomic E-state index is 6.18. The Morgan fingerprint density at radius 1 is 1.00 bits per heavy atom. The van der Waals surface area contributed by atoms with Crippen molar-refractivity contribution < 1.29 is 0 Å². The lowest BCUT2D eigenvalue weighted by Crippen LogP contribution is -2.46. The second kappa shape index (κ2) is 5.50. The lowest BCUT2D eigenvalue weighted by Gasteiger charge is -2.39. The molecule has 4 N–H and O–H groups in total. The van der Waals surface area contributed by atoms with Gasteiger partial charge in [0.15, 0.2) is 0 Å². The fourth-order valence-electron chi connectivity index (χ4n) is 3.78. The highest BCUT2D eigenvalue weighted by Crippen LogP contribution is 2.37. The van der Waals surface area contributed by atoms with Crippen LogP contribution >= 0.6 is 0 Å². The second-order valence-electron chi connectivity index (χ2n) is 6.25. The summed E-state index contributed by atoms with van der Waals surface area (Å²) in [6, 6.07) is 0.706. The monoisotopic (exact) mass is 224 g/mol. The molecule has 4 atom stereocenters. The Hall–Kier alpha value is -0.0800. The van der Waals surface area contributed by atoms with Crippen LogP contribution in [-0.2, 0) is 0 Å². The lowest BCUT2D eigenvalue weighted by atomic mass is 9.70. The van der Waals surface area contributed by atoms with Gasteiger partial charge in [0.1, 0.15) is 0 Å². The molecule has 94 valence electrons. The molecule has 2 fully saturated rings. The average Bonchev–Trinajstić information content (AvgIpc) is 2.27. The van der Waals surface area contributed by atoms with Gasteiger partial charge >= 0.3 is 0 Å². The van der Waals surface area contributed by atoms with Crippen LogP contribution in [0.3, 0.4) is 0 Å². The Kier molecular flexibility index (Phi) is 4.26. The lowest BCUT2D eigenvalue weighted by molar-refractivity contribution is 0.155. The molecule has 2 rings (SSSR count). The first kappa shape index (κ1) is 12.4. The third kappa shape index (κ3) is 2.98. The van der Waals surface area contributed by atoms with E-state index < -0.39 is 0 Å². The van der Waals surface area contributed by atoms with Gasteiger partial charge in [0.05, 0.1) is 0 Å². The molecule has 2 nitrogen and oxygen atoms in total. The molecule has 16 heavy (non-hydrogen) atoms. The minimum absolute atomic E-state index is 0.345. The largest absolute Gasteiger partial charge is 0.328 e. The fraction of sp³-hybridized carbons (Fsp3) is 1.00. The smallest absolute Gasteiger partial charge is 0.00819 e. The van der Waals surface area contributed by atoms with Crippen molar-refractivity contribution in [2.75, 3.05) is 0 Å². The van der Waals surface area contributed by atoms with Crippen molar-refractivity contribution >= 4 is 0 Å². The molecular weight excluding hydrogens is 196 g/mol. The highest BCUT2D eigenvalue weighted by molar-refractivity contribution is 4.89. The first-order valence-corrected chi connectivity index (χ1v) is 7.18. The van der Waals surface area contributed by atoms with Crippen molar-refractivity contribution in [3.8, 4) is 0 Å². The van der Waals surface area contributed by atoms with Gasteiger partial charge in [0.2, 0.25) is 0 Å². The van der Waals surface area contributed by atoms with Crippen molar-refractivity contribution in [1.29, 1.82) is 0 Å². The maximum atomic E-state index is 6.18. The van der Waals surface area contributed by atoms with Gasteiger partial charge in [-0.25, -0.2) is 0 Å². The minimum atomic E-state index is 0.345. The van der Waals surface area contributed by atoms with E-state index in [1.54, 1.807) is 0 Å². The van der Waals surface area contributed by atoms with Crippen molar-refractivity contribution in [1.82, 2.24) is 0 Å². The third-order valence-corrected chi connectivity index (χ3v) is 4.96. The Morgan fingerprint density at radius 3 is 2.38 bits per heavy atom. The van der Waals surface area contributed by atoms with Crippen LogP contribution in [-0.4, -0.2) is 12.1 Å². The first-order chi connectivity index (χ1) is 7.66. The number of nitrogens with two attached hydrogens (primary N) is 2. The van der Waals surface area contributed by atoms with Gasteiger partial charge in [-0.05, 0) is 37.0 Å². The summed E-state index contributed by atoms with van der Waals surface area (Å²) in [6.45, 7) is 2.34. The Bertz CT molecular complexity index is 211. The zero-order chi connectivity index (χ0) is 11.5. The Balaban J connectivity index is 1.86. The summed E-state index contributed by atoms with van der Waals surface area (Å²) in [5, 5.41) is 0. The van der Waals surface area contributed by atoms with Crippen molar-refractivity contribution in [2.24, 2.45) is 29.2 Å². The van der Waals surface area contributed by atoms with Gasteiger partial charge in [-0.2, -0.15) is 0 Å². The van der Waals surface area contributed by atoms with Gasteiger partial charge < -0.3 is 11.5 Å². The van der Waals surface area contributed by atoms with Gasteiger partial charge in [0, 0.05) is 12.1 Å². The molecule has 0 aromatic heterocycles. The topological polar surface area (TPSA) is 52.0 Å². The summed E-state index contributed by atoms with van der Waals surface area (Å²) < 4.78 is 0. The Labute approximate surface area is 100 Å². The average molecular weight is 224 g/mol. The van der Waals surface area contributed by atoms with Gasteiger partial charge in [-0.15, -0.1) is 0 Å². The molecule has 0 bridgehead atoms. The van der Waals surface area contributed by atoms with Gasteiger partial charge in [-0.3, -0.25) is 0 Å². The van der Waals surface area contributed by atoms with Crippen LogP contribution < -0.4 is 11.5 Å². The van der Waals surface area contributed by atoms with Crippen LogP contribution in [0.4, 0.5) is 0 Å². The summed E-state index contributed by atoms with van der Waals surface area (Å²) >= 11 is 0. The van der Waals surface area contributed by atoms with E-state index in [9.17, 15) is 0 Å². The minimum Gasteiger partial charge on any atom is -0.328 e. The number of hydrogen-bond donors (Lipinski definition) is 2. The van der Waals surface area contributed by atoms with Crippen LogP contribution in [0.5, 0.6) is 0 Å². The molecule has 0 aromatic carbocycles. The molecule has 2 aliphatic carbocycles. The van der Waals surface area contributed by atoms with Crippen molar-refractivity contribution in [3.63, 3.8) is 0 Å². The molecule has 0 aromatic rings. The van der Waals surface area contributed by atoms with Crippen LogP contribution in [0.2, 0.25) is 0 Å². The van der Waals surface area contributed by atoms with E-state index in [1.807, 2.05) is 0 Å². The third-order valence-electron chi connectivity index (χ3n) is 4.96. The zero-order valence-corrected chi connectivity index (χ0v) is 10.7. The first-order valence-electron chi connectivity index (χ1n) is 7.18. The molecule has 0 spiro atoms. The molecule has 0 heterocycles. The Morgan fingerprint density at radius 2 is 1.69 bits per heavy atom. The normalized spacial score (nSPS) is 42.2. The molecular formula is C14H28N2. The van der Waals surface area contributed by atoms with E-state index in [2.05, 4.69) is 6.92 Å². The molecule has 2 saturated carbocycles. The zero-order valence-electron chi connectivity index (χ0n) is 10.7. The van der Waals surface area contributed by atoms with E-state index in [-0.39, 0.29) is 0 Å². The molecule has 0 radical (unpaired) electrons. The second-order valence-corrected chi connectivity index (χ2v) is 6.25. The van der Waals surface area contributed by atoms with Crippen molar-refractivity contribution in [2.45, 2.75) is 70.4 Å². The highest BCUT2D eigenvalue weighted by Gasteiger charge is 2.33. The van der Waals surface area contributed by atoms with E-state index >= 15 is 0 Å². The van der Waals surface area contributed by atoms with Crippen LogP contribution in [0.15, 0.2) is 0 Å². The van der Waals surface area contributed by atoms with Crippen molar-refractivity contribution in [3.05, 3.63) is 0 Å². The molecule has 0 aliphatic heterocycles. The molecule has 0 amide bonds. The SMILES string of the molecule is CC1C(N)CC(N)CC1CC1CCCCC1. The predicted molar refractivity (Wildman–Crippen MR) is 69.0 cm³/mol. The van der Waals surface area contributed by atoms with Gasteiger partial charge in [0.25, 0.3) is 0 Å². The maximum Gasteiger partial charge on any atom is 0.00819 e. The molecule has 4 unspecified atom stereocenters.